The van der Waals surface area contributed by atoms with Gasteiger partial charge in [-0.15, -0.1) is 0 Å². The zero-order valence-corrected chi connectivity index (χ0v) is 8.71. The molecule has 0 saturated heterocycles. The van der Waals surface area contributed by atoms with Gasteiger partial charge in [-0.3, -0.25) is 0 Å². The Morgan fingerprint density at radius 2 is 1.69 bits per heavy atom. The maximum atomic E-state index is 4.67. The maximum absolute atomic E-state index is 4.67. The first kappa shape index (κ1) is 9.14. The number of thiol groups is 1. The van der Waals surface area contributed by atoms with Gasteiger partial charge in [0.05, 0.1) is 0 Å². The van der Waals surface area contributed by atoms with Crippen molar-refractivity contribution in [3.8, 4) is 0 Å². The highest BCUT2D eigenvalue weighted by atomic mass is 32.1. The van der Waals surface area contributed by atoms with Gasteiger partial charge in [0, 0.05) is 5.25 Å². The molecule has 70 valence electrons. The average Bonchev–Trinajstić information content (AvgIpc) is 2.20. The van der Waals surface area contributed by atoms with Crippen molar-refractivity contribution in [3.05, 3.63) is 35.9 Å². The first-order valence-electron chi connectivity index (χ1n) is 5.11. The van der Waals surface area contributed by atoms with Crippen molar-refractivity contribution in [2.45, 2.75) is 36.9 Å². The molecule has 0 aliphatic heterocycles. The van der Waals surface area contributed by atoms with E-state index in [1.807, 2.05) is 0 Å². The Balaban J connectivity index is 2.15. The van der Waals surface area contributed by atoms with E-state index in [4.69, 9.17) is 0 Å². The molecule has 1 aliphatic rings. The second-order valence-corrected chi connectivity index (χ2v) is 4.53. The van der Waals surface area contributed by atoms with E-state index >= 15 is 0 Å². The lowest BCUT2D eigenvalue weighted by atomic mass is 9.84. The predicted molar refractivity (Wildman–Crippen MR) is 60.4 cm³/mol. The average molecular weight is 192 g/mol. The summed E-state index contributed by atoms with van der Waals surface area (Å²) in [5.74, 6) is 0.693. The van der Waals surface area contributed by atoms with Crippen molar-refractivity contribution < 1.29 is 0 Å². The standard InChI is InChI=1S/C12H16S/c13-12-9-5-4-8-11(12)10-6-2-1-3-7-10/h1-3,6-7,11-13H,4-5,8-9H2/t11-,12+/m1/s1. The number of benzene rings is 1. The highest BCUT2D eigenvalue weighted by Gasteiger charge is 2.22. The van der Waals surface area contributed by atoms with Crippen LogP contribution in [0.1, 0.15) is 37.2 Å². The maximum Gasteiger partial charge on any atom is 0.00855 e. The van der Waals surface area contributed by atoms with Crippen LogP contribution in [0.3, 0.4) is 0 Å². The molecule has 0 spiro atoms. The normalized spacial score (nSPS) is 28.7. The van der Waals surface area contributed by atoms with Gasteiger partial charge in [0.25, 0.3) is 0 Å². The van der Waals surface area contributed by atoms with Gasteiger partial charge in [-0.1, -0.05) is 43.2 Å². The zero-order chi connectivity index (χ0) is 9.10. The summed E-state index contributed by atoms with van der Waals surface area (Å²) >= 11 is 4.67. The Bertz CT molecular complexity index is 255. The van der Waals surface area contributed by atoms with E-state index in [0.717, 1.165) is 0 Å². The molecule has 1 aromatic carbocycles. The van der Waals surface area contributed by atoms with Crippen molar-refractivity contribution >= 4 is 12.6 Å². The van der Waals surface area contributed by atoms with Crippen LogP contribution in [0.4, 0.5) is 0 Å². The van der Waals surface area contributed by atoms with Crippen LogP contribution in [0.25, 0.3) is 0 Å². The van der Waals surface area contributed by atoms with Gasteiger partial charge in [-0.2, -0.15) is 12.6 Å². The van der Waals surface area contributed by atoms with Gasteiger partial charge < -0.3 is 0 Å². The molecule has 0 aromatic heterocycles. The Hall–Kier alpha value is -0.430. The van der Waals surface area contributed by atoms with Gasteiger partial charge >= 0.3 is 0 Å². The third-order valence-corrected chi connectivity index (χ3v) is 3.58. The van der Waals surface area contributed by atoms with Crippen LogP contribution in [-0.4, -0.2) is 5.25 Å². The molecule has 0 bridgehead atoms. The molecule has 1 aliphatic carbocycles. The SMILES string of the molecule is S[C@H]1CCCC[C@@H]1c1ccccc1. The molecular formula is C12H16S. The van der Waals surface area contributed by atoms with Crippen LogP contribution in [-0.2, 0) is 0 Å². The van der Waals surface area contributed by atoms with E-state index in [2.05, 4.69) is 43.0 Å². The van der Waals surface area contributed by atoms with E-state index in [0.29, 0.717) is 11.2 Å². The Morgan fingerprint density at radius 3 is 2.38 bits per heavy atom. The van der Waals surface area contributed by atoms with Crippen LogP contribution >= 0.6 is 12.6 Å². The van der Waals surface area contributed by atoms with Crippen LogP contribution in [0.5, 0.6) is 0 Å². The molecule has 0 heterocycles. The molecule has 1 aromatic rings. The van der Waals surface area contributed by atoms with E-state index in [-0.39, 0.29) is 0 Å². The minimum atomic E-state index is 0.580. The Labute approximate surface area is 85.8 Å². The summed E-state index contributed by atoms with van der Waals surface area (Å²) in [5.41, 5.74) is 1.47. The molecule has 1 saturated carbocycles. The second-order valence-electron chi connectivity index (χ2n) is 3.87. The highest BCUT2D eigenvalue weighted by Crippen LogP contribution is 2.35. The van der Waals surface area contributed by atoms with Gasteiger partial charge in [0.15, 0.2) is 0 Å². The van der Waals surface area contributed by atoms with Crippen molar-refractivity contribution in [2.75, 3.05) is 0 Å². The fourth-order valence-corrected chi connectivity index (χ4v) is 2.70. The summed E-state index contributed by atoms with van der Waals surface area (Å²) in [6.07, 6.45) is 5.33. The molecular weight excluding hydrogens is 176 g/mol. The number of hydrogen-bond acceptors (Lipinski definition) is 1. The molecule has 1 fully saturated rings. The van der Waals surface area contributed by atoms with Crippen molar-refractivity contribution in [1.82, 2.24) is 0 Å². The van der Waals surface area contributed by atoms with Crippen LogP contribution in [0.2, 0.25) is 0 Å². The predicted octanol–water partition coefficient (Wildman–Crippen LogP) is 3.64. The van der Waals surface area contributed by atoms with Crippen molar-refractivity contribution in [3.63, 3.8) is 0 Å². The summed E-state index contributed by atoms with van der Waals surface area (Å²) in [4.78, 5) is 0. The third kappa shape index (κ3) is 2.08. The lowest BCUT2D eigenvalue weighted by molar-refractivity contribution is 0.457. The van der Waals surface area contributed by atoms with E-state index in [1.54, 1.807) is 0 Å². The molecule has 0 unspecified atom stereocenters. The van der Waals surface area contributed by atoms with E-state index < -0.39 is 0 Å². The second kappa shape index (κ2) is 4.19. The lowest BCUT2D eigenvalue weighted by Gasteiger charge is -2.28. The molecule has 0 radical (unpaired) electrons. The summed E-state index contributed by atoms with van der Waals surface area (Å²) in [6, 6.07) is 10.8. The quantitative estimate of drug-likeness (QED) is 0.645. The van der Waals surface area contributed by atoms with Crippen LogP contribution in [0, 0.1) is 0 Å². The van der Waals surface area contributed by atoms with Gasteiger partial charge in [-0.05, 0) is 24.3 Å². The minimum Gasteiger partial charge on any atom is -0.175 e. The monoisotopic (exact) mass is 192 g/mol. The smallest absolute Gasteiger partial charge is 0.00855 e. The molecule has 0 nitrogen and oxygen atoms in total. The fraction of sp³-hybridized carbons (Fsp3) is 0.500. The van der Waals surface area contributed by atoms with E-state index in [9.17, 15) is 0 Å². The Kier molecular flexibility index (Phi) is 2.94. The van der Waals surface area contributed by atoms with Crippen LogP contribution < -0.4 is 0 Å². The van der Waals surface area contributed by atoms with Crippen molar-refractivity contribution in [1.29, 1.82) is 0 Å². The fourth-order valence-electron chi connectivity index (χ4n) is 2.20. The highest BCUT2D eigenvalue weighted by molar-refractivity contribution is 7.81. The first-order valence-corrected chi connectivity index (χ1v) is 5.62. The van der Waals surface area contributed by atoms with Gasteiger partial charge in [0.1, 0.15) is 0 Å². The topological polar surface area (TPSA) is 0 Å². The minimum absolute atomic E-state index is 0.580. The van der Waals surface area contributed by atoms with Gasteiger partial charge in [0.2, 0.25) is 0 Å². The third-order valence-electron chi connectivity index (χ3n) is 2.96. The Morgan fingerprint density at radius 1 is 1.00 bits per heavy atom. The van der Waals surface area contributed by atoms with Crippen molar-refractivity contribution in [2.24, 2.45) is 0 Å². The summed E-state index contributed by atoms with van der Waals surface area (Å²) in [6.45, 7) is 0. The number of rotatable bonds is 1. The number of hydrogen-bond donors (Lipinski definition) is 1. The van der Waals surface area contributed by atoms with E-state index in [1.165, 1.54) is 31.2 Å². The summed E-state index contributed by atoms with van der Waals surface area (Å²) in [7, 11) is 0. The molecule has 0 N–H and O–H groups in total. The van der Waals surface area contributed by atoms with Gasteiger partial charge in [-0.25, -0.2) is 0 Å². The lowest BCUT2D eigenvalue weighted by Crippen LogP contribution is -2.17. The summed E-state index contributed by atoms with van der Waals surface area (Å²) < 4.78 is 0. The largest absolute Gasteiger partial charge is 0.175 e. The molecule has 0 amide bonds. The molecule has 13 heavy (non-hydrogen) atoms. The molecule has 2 rings (SSSR count). The first-order chi connectivity index (χ1) is 6.38. The molecule has 2 atom stereocenters. The summed E-state index contributed by atoms with van der Waals surface area (Å²) in [5, 5.41) is 0.580. The van der Waals surface area contributed by atoms with Crippen LogP contribution in [0.15, 0.2) is 30.3 Å². The zero-order valence-electron chi connectivity index (χ0n) is 7.82. The molecule has 1 heteroatoms.